The molecule has 33 heavy (non-hydrogen) atoms. The summed E-state index contributed by atoms with van der Waals surface area (Å²) in [5.41, 5.74) is 0.747. The van der Waals surface area contributed by atoms with Crippen LogP contribution in [0.4, 0.5) is 32.4 Å². The molecule has 14 heteroatoms. The highest BCUT2D eigenvalue weighted by atomic mass is 32.2. The molecule has 0 aromatic heterocycles. The van der Waals surface area contributed by atoms with Crippen LogP contribution < -0.4 is 15.4 Å². The summed E-state index contributed by atoms with van der Waals surface area (Å²) in [7, 11) is -4.17. The number of sulfonamides is 1. The normalized spacial score (nSPS) is 13.3. The SMILES string of the molecule is C[C@@H](NS(=O)(=O)c1cccc(-c2cccc(NC(=O)NCC(F)(F)C(F)(F)F)c2)c1)C(=O)O. The highest BCUT2D eigenvalue weighted by Crippen LogP contribution is 2.34. The number of carbonyl (C=O) groups is 2. The maximum atomic E-state index is 12.9. The molecule has 0 bridgehead atoms. The second kappa shape index (κ2) is 9.70. The van der Waals surface area contributed by atoms with E-state index in [-0.39, 0.29) is 10.6 Å². The third-order valence-corrected chi connectivity index (χ3v) is 5.72. The van der Waals surface area contributed by atoms with E-state index in [2.05, 4.69) is 5.32 Å². The lowest BCUT2D eigenvalue weighted by molar-refractivity contribution is -0.278. The summed E-state index contributed by atoms with van der Waals surface area (Å²) in [4.78, 5) is 22.4. The van der Waals surface area contributed by atoms with Crippen LogP contribution in [0.25, 0.3) is 11.1 Å². The van der Waals surface area contributed by atoms with Gasteiger partial charge >= 0.3 is 24.1 Å². The fourth-order valence-corrected chi connectivity index (χ4v) is 3.68. The summed E-state index contributed by atoms with van der Waals surface area (Å²) in [5, 5.41) is 12.4. The van der Waals surface area contributed by atoms with Crippen molar-refractivity contribution in [1.29, 1.82) is 0 Å². The maximum absolute atomic E-state index is 12.9. The average Bonchev–Trinajstić information content (AvgIpc) is 2.71. The number of carboxylic acid groups (broad SMARTS) is 1. The van der Waals surface area contributed by atoms with Crippen molar-refractivity contribution in [3.8, 4) is 11.1 Å². The molecule has 0 radical (unpaired) electrons. The third-order valence-electron chi connectivity index (χ3n) is 4.19. The van der Waals surface area contributed by atoms with Crippen molar-refractivity contribution in [1.82, 2.24) is 10.0 Å². The molecule has 0 heterocycles. The van der Waals surface area contributed by atoms with E-state index in [9.17, 15) is 40.0 Å². The van der Waals surface area contributed by atoms with Gasteiger partial charge in [-0.3, -0.25) is 4.79 Å². The van der Waals surface area contributed by atoms with Gasteiger partial charge in [0.2, 0.25) is 10.0 Å². The zero-order chi connectivity index (χ0) is 25.0. The molecule has 2 amide bonds. The molecule has 0 saturated carbocycles. The van der Waals surface area contributed by atoms with Crippen LogP contribution in [0.15, 0.2) is 53.4 Å². The first-order valence-electron chi connectivity index (χ1n) is 9.07. The zero-order valence-corrected chi connectivity index (χ0v) is 17.6. The first-order chi connectivity index (χ1) is 15.1. The number of aliphatic carboxylic acids is 1. The van der Waals surface area contributed by atoms with Crippen molar-refractivity contribution in [2.75, 3.05) is 11.9 Å². The van der Waals surface area contributed by atoms with Gasteiger partial charge in [0.25, 0.3) is 0 Å². The summed E-state index contributed by atoms with van der Waals surface area (Å²) in [5.74, 6) is -6.48. The van der Waals surface area contributed by atoms with E-state index in [0.717, 1.165) is 6.92 Å². The zero-order valence-electron chi connectivity index (χ0n) is 16.8. The number of rotatable bonds is 8. The first kappa shape index (κ1) is 26.0. The molecule has 2 aromatic carbocycles. The molecule has 0 aliphatic heterocycles. The average molecular weight is 495 g/mol. The van der Waals surface area contributed by atoms with Gasteiger partial charge < -0.3 is 15.7 Å². The molecule has 0 aliphatic rings. The quantitative estimate of drug-likeness (QED) is 0.418. The van der Waals surface area contributed by atoms with E-state index in [4.69, 9.17) is 5.11 Å². The van der Waals surface area contributed by atoms with E-state index in [1.165, 1.54) is 53.8 Å². The minimum Gasteiger partial charge on any atom is -0.480 e. The molecule has 2 rings (SSSR count). The molecule has 180 valence electrons. The Morgan fingerprint density at radius 2 is 1.58 bits per heavy atom. The Bertz CT molecular complexity index is 1140. The van der Waals surface area contributed by atoms with Crippen LogP contribution in [0.3, 0.4) is 0 Å². The number of alkyl halides is 5. The van der Waals surface area contributed by atoms with Crippen LogP contribution >= 0.6 is 0 Å². The van der Waals surface area contributed by atoms with Crippen molar-refractivity contribution in [3.63, 3.8) is 0 Å². The topological polar surface area (TPSA) is 125 Å². The summed E-state index contributed by atoms with van der Waals surface area (Å²) < 4.78 is 89.1. The second-order valence-corrected chi connectivity index (χ2v) is 8.51. The Labute approximate surface area is 184 Å². The highest BCUT2D eigenvalue weighted by molar-refractivity contribution is 7.89. The van der Waals surface area contributed by atoms with E-state index in [0.29, 0.717) is 11.1 Å². The number of nitrogens with one attached hydrogen (secondary N) is 3. The van der Waals surface area contributed by atoms with Crippen LogP contribution in [0, 0.1) is 0 Å². The Kier molecular flexibility index (Phi) is 7.64. The van der Waals surface area contributed by atoms with Gasteiger partial charge in [0.1, 0.15) is 6.04 Å². The third kappa shape index (κ3) is 6.86. The van der Waals surface area contributed by atoms with Crippen molar-refractivity contribution < 1.29 is 45.1 Å². The minimum absolute atomic E-state index is 0.0335. The molecule has 0 aliphatic carbocycles. The monoisotopic (exact) mass is 495 g/mol. The van der Waals surface area contributed by atoms with Gasteiger partial charge in [-0.1, -0.05) is 24.3 Å². The van der Waals surface area contributed by atoms with Gasteiger partial charge in [-0.05, 0) is 42.3 Å². The number of hydrogen-bond acceptors (Lipinski definition) is 4. The number of carbonyl (C=O) groups excluding carboxylic acids is 1. The number of urea groups is 1. The van der Waals surface area contributed by atoms with Crippen molar-refractivity contribution in [2.24, 2.45) is 0 Å². The van der Waals surface area contributed by atoms with Gasteiger partial charge in [0.15, 0.2) is 0 Å². The van der Waals surface area contributed by atoms with E-state index >= 15 is 0 Å². The molecule has 0 saturated heterocycles. The van der Waals surface area contributed by atoms with E-state index in [1.54, 1.807) is 0 Å². The molecular formula is C19H18F5N3O5S. The fraction of sp³-hybridized carbons (Fsp3) is 0.263. The van der Waals surface area contributed by atoms with Crippen LogP contribution in [-0.4, -0.2) is 50.2 Å². The fourth-order valence-electron chi connectivity index (χ4n) is 2.44. The predicted molar refractivity (Wildman–Crippen MR) is 107 cm³/mol. The number of anilines is 1. The lowest BCUT2D eigenvalue weighted by Crippen LogP contribution is -2.47. The number of benzene rings is 2. The number of amides is 2. The minimum atomic E-state index is -5.82. The first-order valence-corrected chi connectivity index (χ1v) is 10.6. The van der Waals surface area contributed by atoms with Gasteiger partial charge in [-0.15, -0.1) is 0 Å². The van der Waals surface area contributed by atoms with Crippen molar-refractivity contribution in [3.05, 3.63) is 48.5 Å². The van der Waals surface area contributed by atoms with Crippen LogP contribution in [0.5, 0.6) is 0 Å². The lowest BCUT2D eigenvalue weighted by atomic mass is 10.1. The van der Waals surface area contributed by atoms with Crippen molar-refractivity contribution in [2.45, 2.75) is 30.0 Å². The lowest BCUT2D eigenvalue weighted by Gasteiger charge is -2.20. The number of halogens is 5. The molecule has 0 unspecified atom stereocenters. The summed E-state index contributed by atoms with van der Waals surface area (Å²) in [6.45, 7) is -0.807. The van der Waals surface area contributed by atoms with Crippen LogP contribution in [-0.2, 0) is 14.8 Å². The van der Waals surface area contributed by atoms with Crippen LogP contribution in [0.2, 0.25) is 0 Å². The molecular weight excluding hydrogens is 477 g/mol. The second-order valence-electron chi connectivity index (χ2n) is 6.80. The number of hydrogen-bond donors (Lipinski definition) is 4. The molecule has 2 aromatic rings. The van der Waals surface area contributed by atoms with Crippen molar-refractivity contribution >= 4 is 27.7 Å². The molecule has 8 nitrogen and oxygen atoms in total. The molecule has 1 atom stereocenters. The Hall–Kier alpha value is -3.26. The van der Waals surface area contributed by atoms with Gasteiger partial charge in [0, 0.05) is 5.69 Å². The van der Waals surface area contributed by atoms with Gasteiger partial charge in [0.05, 0.1) is 11.4 Å². The predicted octanol–water partition coefficient (Wildman–Crippen LogP) is 3.42. The van der Waals surface area contributed by atoms with E-state index in [1.807, 2.05) is 4.72 Å². The Balaban J connectivity index is 2.17. The smallest absolute Gasteiger partial charge is 0.455 e. The Morgan fingerprint density at radius 1 is 1.00 bits per heavy atom. The molecule has 0 fully saturated rings. The van der Waals surface area contributed by atoms with E-state index < -0.39 is 46.7 Å². The summed E-state index contributed by atoms with van der Waals surface area (Å²) in [6, 6.07) is 8.32. The van der Waals surface area contributed by atoms with Gasteiger partial charge in [-0.25, -0.2) is 13.2 Å². The molecule has 4 N–H and O–H groups in total. The summed E-state index contributed by atoms with van der Waals surface area (Å²) >= 11 is 0. The number of carboxylic acids is 1. The maximum Gasteiger partial charge on any atom is 0.455 e. The largest absolute Gasteiger partial charge is 0.480 e. The highest BCUT2D eigenvalue weighted by Gasteiger charge is 2.57. The molecule has 0 spiro atoms. The summed E-state index contributed by atoms with van der Waals surface area (Å²) in [6.07, 6.45) is -5.82. The Morgan fingerprint density at radius 3 is 2.15 bits per heavy atom. The van der Waals surface area contributed by atoms with Crippen LogP contribution in [0.1, 0.15) is 6.92 Å². The van der Waals surface area contributed by atoms with Gasteiger partial charge in [-0.2, -0.15) is 26.7 Å². The standard InChI is InChI=1S/C19H18F5N3O5S/c1-11(16(28)29)27-33(31,32)15-7-3-5-13(9-15)12-4-2-6-14(8-12)26-17(30)25-10-18(20,21)19(22,23)24/h2-9,11,27H,10H2,1H3,(H,28,29)(H2,25,26,30)/t11-/m1/s1.